The number of ketones is 1. The van der Waals surface area contributed by atoms with Crippen LogP contribution in [0.2, 0.25) is 0 Å². The molecule has 9 atom stereocenters. The summed E-state index contributed by atoms with van der Waals surface area (Å²) in [5.74, 6) is -2.50. The molecule has 1 saturated heterocycles. The van der Waals surface area contributed by atoms with Gasteiger partial charge in [-0.15, -0.1) is 0 Å². The fraction of sp³-hybridized carbons (Fsp3) is 0.656. The first-order valence-electron chi connectivity index (χ1n) is 14.4. The highest BCUT2D eigenvalue weighted by Gasteiger charge is 2.78. The summed E-state index contributed by atoms with van der Waals surface area (Å²) < 4.78 is 37.1. The second-order valence-corrected chi connectivity index (χ2v) is 12.8. The minimum atomic E-state index is -1.40. The van der Waals surface area contributed by atoms with Gasteiger partial charge in [-0.1, -0.05) is 32.0 Å². The zero-order valence-corrected chi connectivity index (χ0v) is 25.6. The van der Waals surface area contributed by atoms with Gasteiger partial charge < -0.3 is 33.5 Å². The Kier molecular flexibility index (Phi) is 7.72. The molecule has 2 bridgehead atoms. The number of ether oxygens (including phenoxy) is 6. The van der Waals surface area contributed by atoms with Crippen LogP contribution in [0, 0.1) is 16.7 Å². The number of aliphatic hydroxyl groups excluding tert-OH is 1. The summed E-state index contributed by atoms with van der Waals surface area (Å²) in [6.45, 7) is 8.68. The smallest absolute Gasteiger partial charge is 0.338 e. The van der Waals surface area contributed by atoms with Crippen molar-refractivity contribution in [2.45, 2.75) is 89.2 Å². The van der Waals surface area contributed by atoms with Crippen molar-refractivity contribution in [1.29, 1.82) is 0 Å². The minimum absolute atomic E-state index is 0.0112. The Labute approximate surface area is 246 Å². The number of aliphatic hydroxyl groups is 1. The molecule has 1 N–H and O–H groups in total. The predicted molar refractivity (Wildman–Crippen MR) is 150 cm³/mol. The SMILES string of the molecule is CO[C@H]1C(=O)[C@]2(C)[C@@H](OC)C[C@H]3OC[C@@]3(OC(C)=O)[C@H]2[C@H](OC(=O)c2ccccc2)[C@]2(OC)C[C@H](O)C(C)=C1C2(C)C. The highest BCUT2D eigenvalue weighted by Crippen LogP contribution is 2.65. The van der Waals surface area contributed by atoms with E-state index in [1.54, 1.807) is 44.2 Å². The number of esters is 2. The Morgan fingerprint density at radius 2 is 1.71 bits per heavy atom. The number of carbonyl (C=O) groups excluding carboxylic acids is 3. The molecule has 0 radical (unpaired) electrons. The van der Waals surface area contributed by atoms with Crippen molar-refractivity contribution in [2.75, 3.05) is 27.9 Å². The van der Waals surface area contributed by atoms with Gasteiger partial charge >= 0.3 is 11.9 Å². The van der Waals surface area contributed by atoms with Crippen molar-refractivity contribution in [3.8, 4) is 0 Å². The summed E-state index contributed by atoms with van der Waals surface area (Å²) in [5, 5.41) is 11.5. The van der Waals surface area contributed by atoms with Gasteiger partial charge in [0.2, 0.25) is 0 Å². The van der Waals surface area contributed by atoms with Crippen molar-refractivity contribution in [3.63, 3.8) is 0 Å². The highest BCUT2D eigenvalue weighted by molar-refractivity contribution is 5.94. The van der Waals surface area contributed by atoms with Gasteiger partial charge in [0.25, 0.3) is 0 Å². The molecule has 3 aliphatic carbocycles. The second kappa shape index (κ2) is 10.5. The van der Waals surface area contributed by atoms with Gasteiger partial charge in [0.1, 0.15) is 23.9 Å². The topological polar surface area (TPSA) is 127 Å². The molecular formula is C32H42O10. The van der Waals surface area contributed by atoms with Crippen LogP contribution in [0.15, 0.2) is 41.5 Å². The number of hydrogen-bond acceptors (Lipinski definition) is 10. The molecule has 1 aromatic rings. The summed E-state index contributed by atoms with van der Waals surface area (Å²) in [6.07, 6.45) is -4.32. The van der Waals surface area contributed by atoms with E-state index < -0.39 is 70.4 Å². The van der Waals surface area contributed by atoms with E-state index in [4.69, 9.17) is 28.4 Å². The van der Waals surface area contributed by atoms with Crippen LogP contribution in [0.25, 0.3) is 0 Å². The molecule has 10 heteroatoms. The Hall–Kier alpha value is -2.63. The Bertz CT molecular complexity index is 1290. The molecule has 42 heavy (non-hydrogen) atoms. The molecule has 3 fully saturated rings. The molecule has 0 amide bonds. The van der Waals surface area contributed by atoms with Gasteiger partial charge in [-0.25, -0.2) is 4.79 Å². The Morgan fingerprint density at radius 1 is 1.05 bits per heavy atom. The van der Waals surface area contributed by atoms with Gasteiger partial charge in [0.05, 0.1) is 35.7 Å². The standard InChI is InChI=1S/C32H42O10/c1-17-20(34)15-32(39-8)27(41-28(36)19-12-10-9-11-13-19)25-30(5,26(35)24(38-7)23(17)29(32,3)4)21(37-6)14-22-31(25,16-40-22)42-18(2)33/h9-13,20-22,24-25,27,34H,14-16H2,1-8H3/t20-,21-,22+,24+,25-,27-,30+,31-,32+/m0/s1. The fourth-order valence-electron chi connectivity index (χ4n) is 8.61. The van der Waals surface area contributed by atoms with Gasteiger partial charge in [0.15, 0.2) is 11.4 Å². The van der Waals surface area contributed by atoms with Gasteiger partial charge in [-0.2, -0.15) is 0 Å². The quantitative estimate of drug-likeness (QED) is 0.393. The summed E-state index contributed by atoms with van der Waals surface area (Å²) >= 11 is 0. The summed E-state index contributed by atoms with van der Waals surface area (Å²) in [5.41, 5.74) is -3.66. The first-order valence-corrected chi connectivity index (χ1v) is 14.4. The monoisotopic (exact) mass is 586 g/mol. The number of Topliss-reactive ketones (excluding diaryl/α,β-unsaturated/α-hetero) is 1. The first kappa shape index (κ1) is 30.8. The van der Waals surface area contributed by atoms with Crippen molar-refractivity contribution in [2.24, 2.45) is 16.7 Å². The maximum Gasteiger partial charge on any atom is 0.338 e. The van der Waals surface area contributed by atoms with E-state index >= 15 is 4.79 Å². The largest absolute Gasteiger partial charge is 0.455 e. The van der Waals surface area contributed by atoms with E-state index in [0.717, 1.165) is 0 Å². The van der Waals surface area contributed by atoms with E-state index in [9.17, 15) is 14.7 Å². The van der Waals surface area contributed by atoms with Crippen LogP contribution in [-0.4, -0.2) is 92.5 Å². The average molecular weight is 587 g/mol. The molecule has 10 nitrogen and oxygen atoms in total. The molecular weight excluding hydrogens is 544 g/mol. The molecule has 1 aliphatic heterocycles. The third-order valence-corrected chi connectivity index (χ3v) is 10.7. The highest BCUT2D eigenvalue weighted by atomic mass is 16.6. The number of benzene rings is 1. The van der Waals surface area contributed by atoms with Gasteiger partial charge in [-0.05, 0) is 37.1 Å². The lowest BCUT2D eigenvalue weighted by molar-refractivity contribution is -0.349. The molecule has 4 aliphatic rings. The van der Waals surface area contributed by atoms with Crippen LogP contribution >= 0.6 is 0 Å². The van der Waals surface area contributed by atoms with Crippen LogP contribution in [0.1, 0.15) is 57.8 Å². The Morgan fingerprint density at radius 3 is 2.24 bits per heavy atom. The summed E-state index contributed by atoms with van der Waals surface area (Å²) in [4.78, 5) is 41.6. The normalized spacial score (nSPS) is 40.5. The molecule has 5 rings (SSSR count). The maximum absolute atomic E-state index is 15.0. The van der Waals surface area contributed by atoms with Crippen molar-refractivity contribution >= 4 is 17.7 Å². The lowest BCUT2D eigenvalue weighted by Crippen LogP contribution is -2.82. The average Bonchev–Trinajstić information content (AvgIpc) is 2.94. The molecule has 230 valence electrons. The van der Waals surface area contributed by atoms with Crippen LogP contribution in [0.5, 0.6) is 0 Å². The van der Waals surface area contributed by atoms with Crippen LogP contribution < -0.4 is 0 Å². The molecule has 0 spiro atoms. The second-order valence-electron chi connectivity index (χ2n) is 12.8. The van der Waals surface area contributed by atoms with Gasteiger partial charge in [-0.3, -0.25) is 9.59 Å². The number of fused-ring (bicyclic) bond motifs is 5. The van der Waals surface area contributed by atoms with Crippen molar-refractivity contribution in [1.82, 2.24) is 0 Å². The van der Waals surface area contributed by atoms with Crippen LogP contribution in [-0.2, 0) is 38.0 Å². The predicted octanol–water partition coefficient (Wildman–Crippen LogP) is 3.04. The summed E-state index contributed by atoms with van der Waals surface area (Å²) in [6, 6.07) is 8.53. The van der Waals surface area contributed by atoms with E-state index in [1.807, 2.05) is 13.8 Å². The van der Waals surface area contributed by atoms with E-state index in [1.165, 1.54) is 28.3 Å². The van der Waals surface area contributed by atoms with E-state index in [0.29, 0.717) is 16.7 Å². The molecule has 2 saturated carbocycles. The van der Waals surface area contributed by atoms with Crippen molar-refractivity contribution < 1.29 is 47.9 Å². The lowest BCUT2D eigenvalue weighted by Gasteiger charge is -2.68. The zero-order chi connectivity index (χ0) is 30.8. The third-order valence-electron chi connectivity index (χ3n) is 10.7. The van der Waals surface area contributed by atoms with Crippen LogP contribution in [0.4, 0.5) is 0 Å². The van der Waals surface area contributed by atoms with E-state index in [2.05, 4.69) is 0 Å². The van der Waals surface area contributed by atoms with Gasteiger partial charge in [0, 0.05) is 46.5 Å². The maximum atomic E-state index is 15.0. The molecule has 1 heterocycles. The number of methoxy groups -OCH3 is 3. The minimum Gasteiger partial charge on any atom is -0.455 e. The number of carbonyl (C=O) groups is 3. The summed E-state index contributed by atoms with van der Waals surface area (Å²) in [7, 11) is 4.50. The lowest BCUT2D eigenvalue weighted by atomic mass is 9.44. The van der Waals surface area contributed by atoms with Crippen LogP contribution in [0.3, 0.4) is 0 Å². The zero-order valence-electron chi connectivity index (χ0n) is 25.6. The van der Waals surface area contributed by atoms with E-state index in [-0.39, 0.29) is 25.2 Å². The fourth-order valence-corrected chi connectivity index (χ4v) is 8.61. The molecule has 0 aromatic heterocycles. The first-order chi connectivity index (χ1) is 19.8. The third kappa shape index (κ3) is 3.99. The van der Waals surface area contributed by atoms with Crippen molar-refractivity contribution in [3.05, 3.63) is 47.0 Å². The Balaban J connectivity index is 1.87. The molecule has 1 aromatic carbocycles. The number of hydrogen-bond donors (Lipinski definition) is 1. The molecule has 0 unspecified atom stereocenters. The number of rotatable bonds is 6.